The van der Waals surface area contributed by atoms with Crippen LogP contribution in [0, 0.1) is 0 Å². The molecule has 0 saturated carbocycles. The summed E-state index contributed by atoms with van der Waals surface area (Å²) in [6.07, 6.45) is -3.06. The summed E-state index contributed by atoms with van der Waals surface area (Å²) in [7, 11) is 2.66. The van der Waals surface area contributed by atoms with Gasteiger partial charge in [-0.25, -0.2) is 0 Å². The van der Waals surface area contributed by atoms with Gasteiger partial charge in [-0.3, -0.25) is 4.68 Å². The van der Waals surface area contributed by atoms with Crippen LogP contribution in [-0.2, 0) is 13.2 Å². The van der Waals surface area contributed by atoms with Gasteiger partial charge in [0.25, 0.3) is 0 Å². The van der Waals surface area contributed by atoms with Crippen LogP contribution in [0.5, 0.6) is 5.88 Å². The second-order valence-electron chi connectivity index (χ2n) is 4.42. The molecule has 1 aliphatic heterocycles. The fraction of sp³-hybridized carbons (Fsp3) is 0.727. The van der Waals surface area contributed by atoms with Crippen molar-refractivity contribution in [3.8, 4) is 5.88 Å². The Kier molecular flexibility index (Phi) is 3.52. The molecule has 0 spiro atoms. The molecule has 0 amide bonds. The fourth-order valence-corrected chi connectivity index (χ4v) is 2.48. The lowest BCUT2D eigenvalue weighted by atomic mass is 9.90. The number of alkyl halides is 3. The number of piperidine rings is 1. The minimum absolute atomic E-state index is 0.0942. The first kappa shape index (κ1) is 13.2. The summed E-state index contributed by atoms with van der Waals surface area (Å²) in [5, 5.41) is 6.96. The lowest BCUT2D eigenvalue weighted by Crippen LogP contribution is -2.28. The van der Waals surface area contributed by atoms with E-state index in [9.17, 15) is 13.2 Å². The van der Waals surface area contributed by atoms with Gasteiger partial charge in [0.2, 0.25) is 5.88 Å². The molecule has 1 aromatic heterocycles. The average molecular weight is 263 g/mol. The van der Waals surface area contributed by atoms with E-state index in [2.05, 4.69) is 10.4 Å². The van der Waals surface area contributed by atoms with Crippen molar-refractivity contribution < 1.29 is 17.9 Å². The molecule has 102 valence electrons. The maximum atomic E-state index is 13.1. The largest absolute Gasteiger partial charge is 0.480 e. The Balaban J connectivity index is 2.48. The lowest BCUT2D eigenvalue weighted by molar-refractivity contribution is -0.144. The highest BCUT2D eigenvalue weighted by Crippen LogP contribution is 2.42. The molecule has 0 unspecified atom stereocenters. The van der Waals surface area contributed by atoms with Crippen molar-refractivity contribution in [3.05, 3.63) is 11.3 Å². The molecule has 2 rings (SSSR count). The summed E-state index contributed by atoms with van der Waals surface area (Å²) >= 11 is 0. The molecule has 1 fully saturated rings. The summed E-state index contributed by atoms with van der Waals surface area (Å²) in [6, 6.07) is 0. The van der Waals surface area contributed by atoms with E-state index in [1.54, 1.807) is 0 Å². The van der Waals surface area contributed by atoms with E-state index in [-0.39, 0.29) is 17.4 Å². The van der Waals surface area contributed by atoms with Crippen LogP contribution in [0.2, 0.25) is 0 Å². The van der Waals surface area contributed by atoms with Crippen LogP contribution in [0.25, 0.3) is 0 Å². The molecule has 4 nitrogen and oxygen atoms in total. The van der Waals surface area contributed by atoms with E-state index in [1.165, 1.54) is 14.2 Å². The number of aromatic nitrogens is 2. The Hall–Kier alpha value is -1.24. The maximum Gasteiger partial charge on any atom is 0.433 e. The Morgan fingerprint density at radius 1 is 1.33 bits per heavy atom. The number of hydrogen-bond acceptors (Lipinski definition) is 3. The van der Waals surface area contributed by atoms with Crippen molar-refractivity contribution in [2.75, 3.05) is 20.2 Å². The predicted octanol–water partition coefficient (Wildman–Crippen LogP) is 1.91. The zero-order chi connectivity index (χ0) is 13.3. The average Bonchev–Trinajstić information content (AvgIpc) is 2.67. The number of rotatable bonds is 2. The Morgan fingerprint density at radius 2 is 1.94 bits per heavy atom. The molecule has 0 bridgehead atoms. The van der Waals surface area contributed by atoms with E-state index in [4.69, 9.17) is 4.74 Å². The van der Waals surface area contributed by atoms with E-state index in [0.717, 1.165) is 17.8 Å². The van der Waals surface area contributed by atoms with Gasteiger partial charge in [0.1, 0.15) is 5.69 Å². The lowest BCUT2D eigenvalue weighted by Gasteiger charge is -2.24. The number of nitrogens with one attached hydrogen (secondary N) is 1. The second-order valence-corrected chi connectivity index (χ2v) is 4.42. The summed E-state index contributed by atoms with van der Waals surface area (Å²) in [5.74, 6) is -0.0525. The monoisotopic (exact) mass is 263 g/mol. The van der Waals surface area contributed by atoms with Gasteiger partial charge in [0, 0.05) is 12.6 Å². The van der Waals surface area contributed by atoms with Crippen molar-refractivity contribution in [1.82, 2.24) is 15.1 Å². The third kappa shape index (κ3) is 2.31. The van der Waals surface area contributed by atoms with Gasteiger partial charge in [-0.1, -0.05) is 0 Å². The third-order valence-electron chi connectivity index (χ3n) is 3.26. The van der Waals surface area contributed by atoms with Gasteiger partial charge in [0.05, 0.1) is 7.11 Å². The van der Waals surface area contributed by atoms with Gasteiger partial charge in [-0.15, -0.1) is 5.10 Å². The van der Waals surface area contributed by atoms with Crippen molar-refractivity contribution >= 4 is 0 Å². The van der Waals surface area contributed by atoms with Crippen molar-refractivity contribution in [2.45, 2.75) is 24.9 Å². The summed E-state index contributed by atoms with van der Waals surface area (Å²) in [6.45, 7) is 1.44. The third-order valence-corrected chi connectivity index (χ3v) is 3.26. The van der Waals surface area contributed by atoms with Crippen LogP contribution in [0.3, 0.4) is 0 Å². The van der Waals surface area contributed by atoms with Crippen LogP contribution < -0.4 is 10.1 Å². The quantitative estimate of drug-likeness (QED) is 0.886. The molecule has 1 N–H and O–H groups in total. The predicted molar refractivity (Wildman–Crippen MR) is 59.6 cm³/mol. The van der Waals surface area contributed by atoms with Crippen molar-refractivity contribution in [1.29, 1.82) is 0 Å². The first-order valence-corrected chi connectivity index (χ1v) is 5.84. The van der Waals surface area contributed by atoms with E-state index >= 15 is 0 Å². The summed E-state index contributed by atoms with van der Waals surface area (Å²) in [4.78, 5) is 0. The molecule has 1 saturated heterocycles. The number of ether oxygens (including phenoxy) is 1. The van der Waals surface area contributed by atoms with Crippen LogP contribution in [0.4, 0.5) is 13.2 Å². The van der Waals surface area contributed by atoms with Gasteiger partial charge in [0.15, 0.2) is 0 Å². The van der Waals surface area contributed by atoms with Crippen molar-refractivity contribution in [2.24, 2.45) is 7.05 Å². The van der Waals surface area contributed by atoms with Crippen LogP contribution in [-0.4, -0.2) is 30.0 Å². The van der Waals surface area contributed by atoms with E-state index in [1.807, 2.05) is 0 Å². The fourth-order valence-electron chi connectivity index (χ4n) is 2.48. The topological polar surface area (TPSA) is 39.1 Å². The standard InChI is InChI=1S/C11H16F3N3O/c1-17-9(11(12,13)14)8(10(16-17)18-2)7-3-5-15-6-4-7/h7,15H,3-6H2,1-2H3. The normalized spacial score (nSPS) is 18.1. The van der Waals surface area contributed by atoms with Crippen LogP contribution >= 0.6 is 0 Å². The Morgan fingerprint density at radius 3 is 2.44 bits per heavy atom. The molecule has 7 heteroatoms. The number of nitrogens with zero attached hydrogens (tertiary/aromatic N) is 2. The number of hydrogen-bond donors (Lipinski definition) is 1. The molecular weight excluding hydrogens is 247 g/mol. The molecule has 1 aromatic rings. The maximum absolute atomic E-state index is 13.1. The SMILES string of the molecule is COc1nn(C)c(C(F)(F)F)c1C1CCNCC1. The highest BCUT2D eigenvalue weighted by Gasteiger charge is 2.41. The second kappa shape index (κ2) is 4.79. The molecule has 1 aliphatic rings. The molecule has 2 heterocycles. The molecule has 0 atom stereocenters. The van der Waals surface area contributed by atoms with E-state index < -0.39 is 11.9 Å². The number of halogens is 3. The van der Waals surface area contributed by atoms with E-state index in [0.29, 0.717) is 12.8 Å². The first-order chi connectivity index (χ1) is 8.45. The zero-order valence-corrected chi connectivity index (χ0v) is 10.3. The Labute approximate surface area is 103 Å². The van der Waals surface area contributed by atoms with Gasteiger partial charge in [-0.05, 0) is 31.8 Å². The van der Waals surface area contributed by atoms with Crippen LogP contribution in [0.1, 0.15) is 30.0 Å². The number of aryl methyl sites for hydroxylation is 1. The molecule has 0 aliphatic carbocycles. The highest BCUT2D eigenvalue weighted by molar-refractivity contribution is 5.37. The molecule has 0 aromatic carbocycles. The smallest absolute Gasteiger partial charge is 0.433 e. The number of methoxy groups -OCH3 is 1. The van der Waals surface area contributed by atoms with Crippen LogP contribution in [0.15, 0.2) is 0 Å². The minimum Gasteiger partial charge on any atom is -0.480 e. The highest BCUT2D eigenvalue weighted by atomic mass is 19.4. The van der Waals surface area contributed by atoms with Gasteiger partial charge in [-0.2, -0.15) is 13.2 Å². The summed E-state index contributed by atoms with van der Waals surface area (Å²) in [5.41, 5.74) is -0.486. The Bertz CT molecular complexity index is 422. The molecule has 0 radical (unpaired) electrons. The van der Waals surface area contributed by atoms with Gasteiger partial charge >= 0.3 is 6.18 Å². The molecule has 18 heavy (non-hydrogen) atoms. The minimum atomic E-state index is -4.40. The first-order valence-electron chi connectivity index (χ1n) is 5.84. The molecular formula is C11H16F3N3O. The summed E-state index contributed by atoms with van der Waals surface area (Å²) < 4.78 is 45.1. The van der Waals surface area contributed by atoms with Crippen molar-refractivity contribution in [3.63, 3.8) is 0 Å². The zero-order valence-electron chi connectivity index (χ0n) is 10.3. The van der Waals surface area contributed by atoms with Gasteiger partial charge < -0.3 is 10.1 Å².